The quantitative estimate of drug-likeness (QED) is 0.242. The molecule has 0 aliphatic heterocycles. The molecule has 0 saturated carbocycles. The van der Waals surface area contributed by atoms with Gasteiger partial charge in [0.05, 0.1) is 9.47 Å². The van der Waals surface area contributed by atoms with Crippen LogP contribution in [0.15, 0.2) is 4.40 Å². The molecule has 0 rings (SSSR count). The molecule has 0 radical (unpaired) electrons. The van der Waals surface area contributed by atoms with Gasteiger partial charge in [-0.1, -0.05) is 28.5 Å². The molecule has 0 atom stereocenters. The molecule has 0 aromatic rings. The van der Waals surface area contributed by atoms with Crippen molar-refractivity contribution in [1.29, 1.82) is 0 Å². The van der Waals surface area contributed by atoms with Crippen molar-refractivity contribution in [3.05, 3.63) is 0 Å². The predicted molar refractivity (Wildman–Crippen MR) is 53.0 cm³/mol. The van der Waals surface area contributed by atoms with Crippen molar-refractivity contribution in [2.45, 2.75) is 13.8 Å². The lowest BCUT2D eigenvalue weighted by Gasteiger charge is -1.84. The first kappa shape index (κ1) is 9.31. The van der Waals surface area contributed by atoms with Crippen molar-refractivity contribution in [2.75, 3.05) is 3.76 Å². The lowest BCUT2D eigenvalue weighted by Crippen LogP contribution is -1.80. The molecule has 0 aliphatic carbocycles. The molecule has 0 unspecified atom stereocenters. The van der Waals surface area contributed by atoms with E-state index in [-0.39, 0.29) is 0 Å². The Morgan fingerprint density at radius 2 is 2.44 bits per heavy atom. The summed E-state index contributed by atoms with van der Waals surface area (Å²) in [5, 5.41) is 0. The zero-order chi connectivity index (χ0) is 7.11. The van der Waals surface area contributed by atoms with Gasteiger partial charge in [-0.2, -0.15) is 0 Å². The molecule has 0 aromatic carbocycles. The highest BCUT2D eigenvalue weighted by Gasteiger charge is 1.80. The lowest BCUT2D eigenvalue weighted by molar-refractivity contribution is 1.79. The van der Waals surface area contributed by atoms with Gasteiger partial charge in [-0.05, 0) is 25.8 Å². The highest BCUT2D eigenvalue weighted by Crippen LogP contribution is 2.05. The van der Waals surface area contributed by atoms with Gasteiger partial charge in [-0.25, -0.2) is 4.40 Å². The van der Waals surface area contributed by atoms with Crippen LogP contribution < -0.4 is 0 Å². The van der Waals surface area contributed by atoms with Crippen molar-refractivity contribution in [3.8, 4) is 11.8 Å². The molecule has 0 saturated heterocycles. The summed E-state index contributed by atoms with van der Waals surface area (Å²) in [7, 11) is 0. The van der Waals surface area contributed by atoms with Gasteiger partial charge in [0.15, 0.2) is 0 Å². The Labute approximate surface area is 74.0 Å². The van der Waals surface area contributed by atoms with Crippen LogP contribution in [0.1, 0.15) is 13.8 Å². The largest absolute Gasteiger partial charge is 0.212 e. The first-order valence-corrected chi connectivity index (χ1v) is 4.93. The van der Waals surface area contributed by atoms with Crippen LogP contribution in [0.3, 0.4) is 0 Å². The average Bonchev–Trinajstić information content (AvgIpc) is 1.85. The molecular formula is C6H8INS. The van der Waals surface area contributed by atoms with Crippen molar-refractivity contribution >= 4 is 40.3 Å². The van der Waals surface area contributed by atoms with E-state index >= 15 is 0 Å². The molecule has 0 heterocycles. The minimum atomic E-state index is 0.902. The van der Waals surface area contributed by atoms with E-state index in [2.05, 4.69) is 38.8 Å². The molecule has 1 nitrogen and oxygen atoms in total. The second-order valence-corrected chi connectivity index (χ2v) is 3.82. The van der Waals surface area contributed by atoms with Crippen molar-refractivity contribution in [3.63, 3.8) is 0 Å². The van der Waals surface area contributed by atoms with E-state index in [0.717, 1.165) is 9.47 Å². The Hall–Kier alpha value is 0.310. The Kier molecular flexibility index (Phi) is 6.65. The number of hydrogen-bond acceptors (Lipinski definition) is 2. The van der Waals surface area contributed by atoms with Crippen LogP contribution in [0.25, 0.3) is 0 Å². The van der Waals surface area contributed by atoms with E-state index in [1.54, 1.807) is 0 Å². The third-order valence-corrected chi connectivity index (χ3v) is 1.89. The summed E-state index contributed by atoms with van der Waals surface area (Å²) in [5.41, 5.74) is 0.902. The van der Waals surface area contributed by atoms with E-state index in [0.29, 0.717) is 0 Å². The van der Waals surface area contributed by atoms with Gasteiger partial charge in [-0.15, -0.1) is 5.92 Å². The molecule has 50 valence electrons. The van der Waals surface area contributed by atoms with Crippen LogP contribution in [0.4, 0.5) is 0 Å². The normalized spacial score (nSPS) is 10.3. The van der Waals surface area contributed by atoms with E-state index < -0.39 is 0 Å². The lowest BCUT2D eigenvalue weighted by atomic mass is 10.4. The highest BCUT2D eigenvalue weighted by atomic mass is 127. The third kappa shape index (κ3) is 6.19. The standard InChI is InChI=1S/C6H8INS/c1-3-4-6(2)8-9-5-7/h5H2,1-2H3. The summed E-state index contributed by atoms with van der Waals surface area (Å²) >= 11 is 3.79. The number of hydrogen-bond donors (Lipinski definition) is 0. The Morgan fingerprint density at radius 1 is 1.78 bits per heavy atom. The van der Waals surface area contributed by atoms with Crippen molar-refractivity contribution < 1.29 is 0 Å². The summed E-state index contributed by atoms with van der Waals surface area (Å²) in [6.45, 7) is 3.73. The van der Waals surface area contributed by atoms with Crippen LogP contribution in [0.2, 0.25) is 0 Å². The number of nitrogens with zero attached hydrogens (tertiary/aromatic N) is 1. The molecule has 0 spiro atoms. The minimum Gasteiger partial charge on any atom is -0.212 e. The molecule has 3 heteroatoms. The van der Waals surface area contributed by atoms with Gasteiger partial charge in [0.1, 0.15) is 0 Å². The summed E-state index contributed by atoms with van der Waals surface area (Å²) < 4.78 is 5.07. The van der Waals surface area contributed by atoms with E-state index in [1.807, 2.05) is 13.8 Å². The van der Waals surface area contributed by atoms with E-state index in [1.165, 1.54) is 11.9 Å². The summed E-state index contributed by atoms with van der Waals surface area (Å²) in [5.74, 6) is 5.64. The molecule has 0 fully saturated rings. The highest BCUT2D eigenvalue weighted by molar-refractivity contribution is 14.1. The fourth-order valence-corrected chi connectivity index (χ4v) is 1.03. The van der Waals surface area contributed by atoms with E-state index in [4.69, 9.17) is 0 Å². The number of rotatable bonds is 2. The first-order chi connectivity index (χ1) is 4.31. The van der Waals surface area contributed by atoms with Gasteiger partial charge in [0, 0.05) is 0 Å². The summed E-state index contributed by atoms with van der Waals surface area (Å²) in [6.07, 6.45) is 0. The molecule has 0 bridgehead atoms. The molecule has 0 aromatic heterocycles. The SMILES string of the molecule is CC#CC(C)=NSCI. The fourth-order valence-electron chi connectivity index (χ4n) is 0.325. The number of alkyl halides is 1. The molecule has 0 amide bonds. The van der Waals surface area contributed by atoms with Crippen molar-refractivity contribution in [2.24, 2.45) is 4.40 Å². The second kappa shape index (κ2) is 6.43. The molecular weight excluding hydrogens is 245 g/mol. The third-order valence-electron chi connectivity index (χ3n) is 0.556. The Bertz CT molecular complexity index is 154. The van der Waals surface area contributed by atoms with Gasteiger partial charge >= 0.3 is 0 Å². The zero-order valence-electron chi connectivity index (χ0n) is 5.44. The number of halogens is 1. The van der Waals surface area contributed by atoms with Gasteiger partial charge in [0.25, 0.3) is 0 Å². The summed E-state index contributed by atoms with van der Waals surface area (Å²) in [6, 6.07) is 0. The maximum Gasteiger partial charge on any atom is 0.0951 e. The van der Waals surface area contributed by atoms with Crippen LogP contribution in [-0.2, 0) is 0 Å². The van der Waals surface area contributed by atoms with Gasteiger partial charge in [-0.3, -0.25) is 0 Å². The molecule has 9 heavy (non-hydrogen) atoms. The smallest absolute Gasteiger partial charge is 0.0951 e. The van der Waals surface area contributed by atoms with Gasteiger partial charge < -0.3 is 0 Å². The van der Waals surface area contributed by atoms with E-state index in [9.17, 15) is 0 Å². The predicted octanol–water partition coefficient (Wildman–Crippen LogP) is 2.51. The average molecular weight is 253 g/mol. The van der Waals surface area contributed by atoms with Crippen LogP contribution in [0.5, 0.6) is 0 Å². The monoisotopic (exact) mass is 253 g/mol. The Morgan fingerprint density at radius 3 is 2.89 bits per heavy atom. The van der Waals surface area contributed by atoms with Crippen molar-refractivity contribution in [1.82, 2.24) is 0 Å². The van der Waals surface area contributed by atoms with Crippen LogP contribution >= 0.6 is 34.5 Å². The molecule has 0 aliphatic rings. The maximum absolute atomic E-state index is 4.08. The first-order valence-electron chi connectivity index (χ1n) is 2.46. The summed E-state index contributed by atoms with van der Waals surface area (Å²) in [4.78, 5) is 0. The second-order valence-electron chi connectivity index (χ2n) is 1.29. The maximum atomic E-state index is 4.08. The topological polar surface area (TPSA) is 12.4 Å². The zero-order valence-corrected chi connectivity index (χ0v) is 8.41. The van der Waals surface area contributed by atoms with Gasteiger partial charge in [0.2, 0.25) is 0 Å². The Balaban J connectivity index is 3.65. The van der Waals surface area contributed by atoms with Crippen LogP contribution in [-0.4, -0.2) is 9.47 Å². The minimum absolute atomic E-state index is 0.902. The van der Waals surface area contributed by atoms with Crippen LogP contribution in [0, 0.1) is 11.8 Å². The molecule has 0 N–H and O–H groups in total. The fraction of sp³-hybridized carbons (Fsp3) is 0.500.